The van der Waals surface area contributed by atoms with Gasteiger partial charge < -0.3 is 14.2 Å². The molecule has 2 aromatic rings. The Kier molecular flexibility index (Phi) is 4.71. The van der Waals surface area contributed by atoms with Gasteiger partial charge >= 0.3 is 0 Å². The zero-order valence-corrected chi connectivity index (χ0v) is 14.1. The molecule has 0 bridgehead atoms. The number of benzene rings is 1. The minimum atomic E-state index is -0.899. The number of aromatic nitrogens is 1. The molecule has 0 aliphatic carbocycles. The van der Waals surface area contributed by atoms with Crippen molar-refractivity contribution in [3.05, 3.63) is 70.9 Å². The molecule has 1 aliphatic heterocycles. The first-order chi connectivity index (χ1) is 12.4. The van der Waals surface area contributed by atoms with Crippen molar-refractivity contribution in [2.24, 2.45) is 0 Å². The third-order valence-electron chi connectivity index (χ3n) is 4.20. The van der Waals surface area contributed by atoms with Crippen LogP contribution >= 0.6 is 0 Å². The van der Waals surface area contributed by atoms with Gasteiger partial charge in [-0.15, -0.1) is 6.58 Å². The Morgan fingerprint density at radius 2 is 2.12 bits per heavy atom. The van der Waals surface area contributed by atoms with Crippen molar-refractivity contribution in [2.45, 2.75) is 13.0 Å². The molecule has 0 saturated carbocycles. The van der Waals surface area contributed by atoms with Crippen LogP contribution < -0.4 is 15.2 Å². The number of carbonyl (C=O) groups excluding carboxylic acids is 2. The molecule has 0 spiro atoms. The SMILES string of the molecule is C=CCN1C(=O)COc2ccc(C(=O)C(C)n3cc(F)ccc3=O)cc21. The van der Waals surface area contributed by atoms with Crippen LogP contribution in [-0.4, -0.2) is 29.4 Å². The van der Waals surface area contributed by atoms with Crippen LogP contribution in [0.3, 0.4) is 0 Å². The highest BCUT2D eigenvalue weighted by atomic mass is 19.1. The molecule has 1 amide bonds. The van der Waals surface area contributed by atoms with Crippen molar-refractivity contribution in [2.75, 3.05) is 18.1 Å². The van der Waals surface area contributed by atoms with E-state index in [-0.39, 0.29) is 24.8 Å². The number of rotatable bonds is 5. The second-order valence-corrected chi connectivity index (χ2v) is 5.90. The Hall–Kier alpha value is -3.22. The summed E-state index contributed by atoms with van der Waals surface area (Å²) in [6.45, 7) is 5.35. The summed E-state index contributed by atoms with van der Waals surface area (Å²) in [5.74, 6) is -0.738. The first kappa shape index (κ1) is 17.6. The zero-order chi connectivity index (χ0) is 18.8. The van der Waals surface area contributed by atoms with Gasteiger partial charge in [-0.05, 0) is 31.2 Å². The van der Waals surface area contributed by atoms with Crippen LogP contribution in [0.1, 0.15) is 23.3 Å². The van der Waals surface area contributed by atoms with Crippen molar-refractivity contribution in [1.29, 1.82) is 0 Å². The number of carbonyl (C=O) groups is 2. The highest BCUT2D eigenvalue weighted by molar-refractivity contribution is 6.03. The van der Waals surface area contributed by atoms with Gasteiger partial charge in [0.25, 0.3) is 11.5 Å². The molecule has 134 valence electrons. The lowest BCUT2D eigenvalue weighted by Crippen LogP contribution is -2.39. The number of ether oxygens (including phenoxy) is 1. The van der Waals surface area contributed by atoms with Gasteiger partial charge in [0.1, 0.15) is 11.6 Å². The van der Waals surface area contributed by atoms with E-state index in [4.69, 9.17) is 4.74 Å². The van der Waals surface area contributed by atoms with E-state index in [9.17, 15) is 18.8 Å². The van der Waals surface area contributed by atoms with Crippen LogP contribution in [-0.2, 0) is 4.79 Å². The first-order valence-electron chi connectivity index (χ1n) is 8.02. The van der Waals surface area contributed by atoms with Crippen molar-refractivity contribution >= 4 is 17.4 Å². The van der Waals surface area contributed by atoms with E-state index < -0.39 is 17.4 Å². The maximum Gasteiger partial charge on any atom is 0.265 e. The Labute approximate surface area is 149 Å². The van der Waals surface area contributed by atoms with Gasteiger partial charge in [-0.3, -0.25) is 14.4 Å². The predicted molar refractivity (Wildman–Crippen MR) is 94.2 cm³/mol. The highest BCUT2D eigenvalue weighted by Gasteiger charge is 2.27. The molecular weight excluding hydrogens is 339 g/mol. The molecule has 2 heterocycles. The van der Waals surface area contributed by atoms with E-state index in [0.717, 1.165) is 22.9 Å². The zero-order valence-electron chi connectivity index (χ0n) is 14.1. The number of pyridine rings is 1. The predicted octanol–water partition coefficient (Wildman–Crippen LogP) is 2.34. The van der Waals surface area contributed by atoms with Crippen molar-refractivity contribution in [1.82, 2.24) is 4.57 Å². The molecule has 1 atom stereocenters. The normalized spacial score (nSPS) is 14.4. The van der Waals surface area contributed by atoms with Gasteiger partial charge in [0, 0.05) is 24.4 Å². The molecule has 1 unspecified atom stereocenters. The average molecular weight is 356 g/mol. The molecule has 6 nitrogen and oxygen atoms in total. The molecule has 7 heteroatoms. The van der Waals surface area contributed by atoms with Gasteiger partial charge in [-0.1, -0.05) is 6.08 Å². The summed E-state index contributed by atoms with van der Waals surface area (Å²) in [6.07, 6.45) is 2.58. The second kappa shape index (κ2) is 6.95. The Bertz CT molecular complexity index is 951. The molecule has 0 radical (unpaired) electrons. The monoisotopic (exact) mass is 356 g/mol. The summed E-state index contributed by atoms with van der Waals surface area (Å²) in [6, 6.07) is 5.93. The minimum absolute atomic E-state index is 0.0801. The van der Waals surface area contributed by atoms with E-state index in [1.807, 2.05) is 0 Å². The van der Waals surface area contributed by atoms with E-state index in [2.05, 4.69) is 6.58 Å². The number of anilines is 1. The van der Waals surface area contributed by atoms with Crippen LogP contribution in [0.4, 0.5) is 10.1 Å². The summed E-state index contributed by atoms with van der Waals surface area (Å²) in [7, 11) is 0. The van der Waals surface area contributed by atoms with Gasteiger partial charge in [0.2, 0.25) is 0 Å². The van der Waals surface area contributed by atoms with Gasteiger partial charge in [-0.25, -0.2) is 4.39 Å². The number of halogens is 1. The summed E-state index contributed by atoms with van der Waals surface area (Å²) >= 11 is 0. The van der Waals surface area contributed by atoms with Gasteiger partial charge in [0.15, 0.2) is 12.4 Å². The van der Waals surface area contributed by atoms with Crippen molar-refractivity contribution < 1.29 is 18.7 Å². The number of nitrogens with zero attached hydrogens (tertiary/aromatic N) is 2. The lowest BCUT2D eigenvalue weighted by Gasteiger charge is -2.29. The first-order valence-corrected chi connectivity index (χ1v) is 8.02. The number of hydrogen-bond acceptors (Lipinski definition) is 4. The summed E-state index contributed by atoms with van der Waals surface area (Å²) in [4.78, 5) is 38.2. The van der Waals surface area contributed by atoms with E-state index in [0.29, 0.717) is 17.0 Å². The smallest absolute Gasteiger partial charge is 0.265 e. The Balaban J connectivity index is 1.98. The molecule has 1 aromatic carbocycles. The fourth-order valence-corrected chi connectivity index (χ4v) is 2.83. The molecule has 3 rings (SSSR count). The summed E-state index contributed by atoms with van der Waals surface area (Å²) in [5, 5.41) is 0. The van der Waals surface area contributed by atoms with Crippen LogP contribution in [0, 0.1) is 5.82 Å². The quantitative estimate of drug-likeness (QED) is 0.609. The molecule has 1 aromatic heterocycles. The van der Waals surface area contributed by atoms with Crippen molar-refractivity contribution in [3.63, 3.8) is 0 Å². The van der Waals surface area contributed by atoms with Crippen LogP contribution in [0.2, 0.25) is 0 Å². The molecule has 26 heavy (non-hydrogen) atoms. The Morgan fingerprint density at radius 3 is 2.85 bits per heavy atom. The molecular formula is C19H17FN2O4. The number of amides is 1. The number of hydrogen-bond donors (Lipinski definition) is 0. The van der Waals surface area contributed by atoms with Crippen LogP contribution in [0.15, 0.2) is 54.0 Å². The molecule has 0 fully saturated rings. The summed E-state index contributed by atoms with van der Waals surface area (Å²) in [5.41, 5.74) is 0.280. The lowest BCUT2D eigenvalue weighted by molar-refractivity contribution is -0.121. The van der Waals surface area contributed by atoms with E-state index in [1.165, 1.54) is 11.8 Å². The molecule has 1 aliphatic rings. The standard InChI is InChI=1S/C19H17FN2O4/c1-3-8-21-15-9-13(4-6-16(15)26-11-18(21)24)19(25)12(2)22-10-14(20)5-7-17(22)23/h3-7,9-10,12H,1,8,11H2,2H3. The highest BCUT2D eigenvalue weighted by Crippen LogP contribution is 2.33. The fraction of sp³-hybridized carbons (Fsp3) is 0.211. The van der Waals surface area contributed by atoms with Crippen LogP contribution in [0.5, 0.6) is 5.75 Å². The third kappa shape index (κ3) is 3.15. The largest absolute Gasteiger partial charge is 0.482 e. The van der Waals surface area contributed by atoms with Gasteiger partial charge in [0.05, 0.1) is 11.7 Å². The maximum atomic E-state index is 13.4. The number of ketones is 1. The van der Waals surface area contributed by atoms with Crippen LogP contribution in [0.25, 0.3) is 0 Å². The molecule has 0 saturated heterocycles. The second-order valence-electron chi connectivity index (χ2n) is 5.90. The Morgan fingerprint density at radius 1 is 1.35 bits per heavy atom. The topological polar surface area (TPSA) is 68.6 Å². The lowest BCUT2D eigenvalue weighted by atomic mass is 10.0. The number of Topliss-reactive ketones (excluding diaryl/α,β-unsaturated/α-hetero) is 1. The fourth-order valence-electron chi connectivity index (χ4n) is 2.83. The summed E-state index contributed by atoms with van der Waals surface area (Å²) < 4.78 is 19.9. The minimum Gasteiger partial charge on any atom is -0.482 e. The van der Waals surface area contributed by atoms with Crippen molar-refractivity contribution in [3.8, 4) is 5.75 Å². The number of fused-ring (bicyclic) bond motifs is 1. The van der Waals surface area contributed by atoms with E-state index in [1.54, 1.807) is 24.3 Å². The third-order valence-corrected chi connectivity index (χ3v) is 4.20. The molecule has 0 N–H and O–H groups in total. The van der Waals surface area contributed by atoms with E-state index >= 15 is 0 Å². The maximum absolute atomic E-state index is 13.4. The average Bonchev–Trinajstić information content (AvgIpc) is 2.64. The van der Waals surface area contributed by atoms with Gasteiger partial charge in [-0.2, -0.15) is 0 Å².